The highest BCUT2D eigenvalue weighted by molar-refractivity contribution is 5.94. The van der Waals surface area contributed by atoms with E-state index in [0.29, 0.717) is 19.1 Å². The molecule has 0 unspecified atom stereocenters. The Labute approximate surface area is 120 Å². The Bertz CT molecular complexity index is 531. The third kappa shape index (κ3) is 2.75. The summed E-state index contributed by atoms with van der Waals surface area (Å²) in [6.07, 6.45) is 0. The Morgan fingerprint density at radius 2 is 1.67 bits per heavy atom. The van der Waals surface area contributed by atoms with E-state index in [9.17, 15) is 18.0 Å². The summed E-state index contributed by atoms with van der Waals surface area (Å²) in [6, 6.07) is 1.80. The van der Waals surface area contributed by atoms with E-state index in [1.165, 1.54) is 4.90 Å². The van der Waals surface area contributed by atoms with Crippen LogP contribution in [0.3, 0.4) is 0 Å². The molecule has 21 heavy (non-hydrogen) atoms. The standard InChI is InChI=1S/C14H16F3N3O/c15-11-5-9(6-12(16)13(11)17)14(21)20-7-10(8-20)19-3-1-18-2-4-19/h5-6,10,18H,1-4,7-8H2. The van der Waals surface area contributed by atoms with Crippen molar-refractivity contribution in [1.29, 1.82) is 0 Å². The van der Waals surface area contributed by atoms with Crippen molar-refractivity contribution in [3.8, 4) is 0 Å². The molecule has 1 N–H and O–H groups in total. The lowest BCUT2D eigenvalue weighted by molar-refractivity contribution is 0.0226. The molecule has 0 aromatic heterocycles. The van der Waals surface area contributed by atoms with Crippen LogP contribution in [0.1, 0.15) is 10.4 Å². The molecule has 2 aliphatic rings. The zero-order valence-electron chi connectivity index (χ0n) is 11.4. The molecule has 114 valence electrons. The predicted octanol–water partition coefficient (Wildman–Crippen LogP) is 0.833. The van der Waals surface area contributed by atoms with Crippen LogP contribution >= 0.6 is 0 Å². The molecule has 0 radical (unpaired) electrons. The molecule has 0 aliphatic carbocycles. The lowest BCUT2D eigenvalue weighted by Gasteiger charge is -2.46. The molecule has 4 nitrogen and oxygen atoms in total. The van der Waals surface area contributed by atoms with Crippen LogP contribution in [0.15, 0.2) is 12.1 Å². The average Bonchev–Trinajstić information content (AvgIpc) is 2.43. The summed E-state index contributed by atoms with van der Waals surface area (Å²) in [5.41, 5.74) is -0.148. The Hall–Kier alpha value is -1.60. The van der Waals surface area contributed by atoms with Gasteiger partial charge in [-0.05, 0) is 12.1 Å². The highest BCUT2D eigenvalue weighted by atomic mass is 19.2. The molecule has 2 aliphatic heterocycles. The number of piperazine rings is 1. The van der Waals surface area contributed by atoms with Crippen molar-refractivity contribution < 1.29 is 18.0 Å². The third-order valence-corrected chi connectivity index (χ3v) is 4.05. The summed E-state index contributed by atoms with van der Waals surface area (Å²) in [7, 11) is 0. The number of rotatable bonds is 2. The Morgan fingerprint density at radius 1 is 1.10 bits per heavy atom. The van der Waals surface area contributed by atoms with Crippen LogP contribution in [-0.2, 0) is 0 Å². The first-order chi connectivity index (χ1) is 10.1. The van der Waals surface area contributed by atoms with Crippen molar-refractivity contribution in [3.63, 3.8) is 0 Å². The van der Waals surface area contributed by atoms with Gasteiger partial charge < -0.3 is 10.2 Å². The lowest BCUT2D eigenvalue weighted by Crippen LogP contribution is -2.63. The fourth-order valence-electron chi connectivity index (χ4n) is 2.76. The molecule has 3 rings (SSSR count). The Kier molecular flexibility index (Phi) is 3.86. The number of carbonyl (C=O) groups excluding carboxylic acids is 1. The minimum Gasteiger partial charge on any atom is -0.335 e. The van der Waals surface area contributed by atoms with Gasteiger partial charge in [0.2, 0.25) is 0 Å². The molecular formula is C14H16F3N3O. The topological polar surface area (TPSA) is 35.6 Å². The van der Waals surface area contributed by atoms with E-state index in [4.69, 9.17) is 0 Å². The van der Waals surface area contributed by atoms with Crippen LogP contribution in [0.4, 0.5) is 13.2 Å². The zero-order valence-corrected chi connectivity index (χ0v) is 11.4. The summed E-state index contributed by atoms with van der Waals surface area (Å²) >= 11 is 0. The van der Waals surface area contributed by atoms with Gasteiger partial charge >= 0.3 is 0 Å². The van der Waals surface area contributed by atoms with Crippen LogP contribution < -0.4 is 5.32 Å². The first-order valence-electron chi connectivity index (χ1n) is 6.95. The van der Waals surface area contributed by atoms with Crippen molar-refractivity contribution in [2.45, 2.75) is 6.04 Å². The Balaban J connectivity index is 1.63. The van der Waals surface area contributed by atoms with Gasteiger partial charge in [-0.1, -0.05) is 0 Å². The molecule has 2 heterocycles. The summed E-state index contributed by atoms with van der Waals surface area (Å²) in [5, 5.41) is 3.25. The lowest BCUT2D eigenvalue weighted by atomic mass is 10.0. The van der Waals surface area contributed by atoms with Crippen LogP contribution in [0.2, 0.25) is 0 Å². The highest BCUT2D eigenvalue weighted by Crippen LogP contribution is 2.20. The maximum atomic E-state index is 13.2. The maximum Gasteiger partial charge on any atom is 0.254 e. The molecule has 2 saturated heterocycles. The van der Waals surface area contributed by atoms with E-state index in [-0.39, 0.29) is 5.56 Å². The van der Waals surface area contributed by atoms with E-state index >= 15 is 0 Å². The molecule has 0 spiro atoms. The van der Waals surface area contributed by atoms with Crippen LogP contribution in [0.25, 0.3) is 0 Å². The number of benzene rings is 1. The molecule has 1 aromatic carbocycles. The van der Waals surface area contributed by atoms with E-state index in [1.807, 2.05) is 0 Å². The van der Waals surface area contributed by atoms with Crippen molar-refractivity contribution in [2.75, 3.05) is 39.3 Å². The Morgan fingerprint density at radius 3 is 2.24 bits per heavy atom. The molecule has 1 aromatic rings. The number of hydrogen-bond acceptors (Lipinski definition) is 3. The summed E-state index contributed by atoms with van der Waals surface area (Å²) < 4.78 is 39.2. The van der Waals surface area contributed by atoms with Crippen LogP contribution in [-0.4, -0.2) is 61.0 Å². The van der Waals surface area contributed by atoms with Crippen LogP contribution in [0.5, 0.6) is 0 Å². The van der Waals surface area contributed by atoms with E-state index in [2.05, 4.69) is 10.2 Å². The highest BCUT2D eigenvalue weighted by Gasteiger charge is 2.35. The van der Waals surface area contributed by atoms with Gasteiger partial charge in [0.15, 0.2) is 17.5 Å². The van der Waals surface area contributed by atoms with Gasteiger partial charge in [0.05, 0.1) is 0 Å². The predicted molar refractivity (Wildman–Crippen MR) is 70.5 cm³/mol. The minimum absolute atomic E-state index is 0.148. The van der Waals surface area contributed by atoms with Gasteiger partial charge in [0.25, 0.3) is 5.91 Å². The fraction of sp³-hybridized carbons (Fsp3) is 0.500. The van der Waals surface area contributed by atoms with Gasteiger partial charge in [-0.25, -0.2) is 13.2 Å². The number of carbonyl (C=O) groups is 1. The summed E-state index contributed by atoms with van der Waals surface area (Å²) in [5.74, 6) is -4.68. The number of nitrogens with one attached hydrogen (secondary N) is 1. The van der Waals surface area contributed by atoms with Gasteiger partial charge in [-0.3, -0.25) is 9.69 Å². The van der Waals surface area contributed by atoms with Gasteiger partial charge in [-0.15, -0.1) is 0 Å². The van der Waals surface area contributed by atoms with E-state index in [0.717, 1.165) is 38.3 Å². The number of likely N-dealkylation sites (tertiary alicyclic amines) is 1. The molecule has 0 bridgehead atoms. The molecule has 0 atom stereocenters. The van der Waals surface area contributed by atoms with Crippen molar-refractivity contribution in [2.24, 2.45) is 0 Å². The second-order valence-corrected chi connectivity index (χ2v) is 5.40. The number of hydrogen-bond donors (Lipinski definition) is 1. The summed E-state index contributed by atoms with van der Waals surface area (Å²) in [6.45, 7) is 4.82. The minimum atomic E-state index is -1.55. The van der Waals surface area contributed by atoms with Crippen molar-refractivity contribution in [1.82, 2.24) is 15.1 Å². The monoisotopic (exact) mass is 299 g/mol. The van der Waals surface area contributed by atoms with Crippen LogP contribution in [0, 0.1) is 17.5 Å². The largest absolute Gasteiger partial charge is 0.335 e. The number of nitrogens with zero attached hydrogens (tertiary/aromatic N) is 2. The second kappa shape index (κ2) is 5.65. The van der Waals surface area contributed by atoms with Crippen molar-refractivity contribution in [3.05, 3.63) is 35.1 Å². The normalized spacial score (nSPS) is 20.4. The smallest absolute Gasteiger partial charge is 0.254 e. The van der Waals surface area contributed by atoms with E-state index in [1.54, 1.807) is 0 Å². The molecule has 0 saturated carbocycles. The number of amides is 1. The van der Waals surface area contributed by atoms with Gasteiger partial charge in [0.1, 0.15) is 0 Å². The molecule has 2 fully saturated rings. The molecular weight excluding hydrogens is 283 g/mol. The third-order valence-electron chi connectivity index (χ3n) is 4.05. The first kappa shape index (κ1) is 14.3. The second-order valence-electron chi connectivity index (χ2n) is 5.40. The zero-order chi connectivity index (χ0) is 15.0. The summed E-state index contributed by atoms with van der Waals surface area (Å²) in [4.78, 5) is 15.9. The van der Waals surface area contributed by atoms with Crippen molar-refractivity contribution >= 4 is 5.91 Å². The molecule has 1 amide bonds. The average molecular weight is 299 g/mol. The fourth-order valence-corrected chi connectivity index (χ4v) is 2.76. The SMILES string of the molecule is O=C(c1cc(F)c(F)c(F)c1)N1CC(N2CCNCC2)C1. The first-order valence-corrected chi connectivity index (χ1v) is 6.95. The van der Waals surface area contributed by atoms with Gasteiger partial charge in [0, 0.05) is 50.9 Å². The maximum absolute atomic E-state index is 13.2. The van der Waals surface area contributed by atoms with Gasteiger partial charge in [-0.2, -0.15) is 0 Å². The van der Waals surface area contributed by atoms with E-state index < -0.39 is 23.4 Å². The quantitative estimate of drug-likeness (QED) is 0.822. The number of halogens is 3. The molecule has 7 heteroatoms.